The average Bonchev–Trinajstić information content (AvgIpc) is 3.10. The fourth-order valence-electron chi connectivity index (χ4n) is 3.18. The van der Waals surface area contributed by atoms with Crippen LogP contribution in [0.1, 0.15) is 31.4 Å². The molecule has 1 aliphatic heterocycles. The molecule has 1 atom stereocenters. The Morgan fingerprint density at radius 2 is 2.08 bits per heavy atom. The second-order valence-electron chi connectivity index (χ2n) is 6.09. The summed E-state index contributed by atoms with van der Waals surface area (Å²) in [6, 6.07) is 4.58. The molecule has 1 aromatic heterocycles. The Bertz CT molecular complexity index is 717. The van der Waals surface area contributed by atoms with Gasteiger partial charge in [0.15, 0.2) is 0 Å². The van der Waals surface area contributed by atoms with Crippen LogP contribution in [-0.4, -0.2) is 28.8 Å². The monoisotopic (exact) mass is 370 g/mol. The van der Waals surface area contributed by atoms with Gasteiger partial charge < -0.3 is 10.6 Å². The van der Waals surface area contributed by atoms with E-state index in [9.17, 15) is 13.6 Å². The standard InChI is InChI=1S/C17H20F2N4O.ClH/c1-12(14-4-3-13(18)11-15(14)19)22-16(24)17(5-8-20-9-6-17)23-10-2-7-21-23;/h2-4,7,10-12,20H,5-6,8-9H2,1H3,(H,22,24);1H/t12-;/m1./s1. The number of carbonyl (C=O) groups excluding carboxylic acids is 1. The molecule has 0 unspecified atom stereocenters. The van der Waals surface area contributed by atoms with E-state index in [0.29, 0.717) is 25.9 Å². The minimum Gasteiger partial charge on any atom is -0.347 e. The Morgan fingerprint density at radius 1 is 1.36 bits per heavy atom. The van der Waals surface area contributed by atoms with E-state index in [4.69, 9.17) is 0 Å². The van der Waals surface area contributed by atoms with Crippen molar-refractivity contribution in [3.05, 3.63) is 53.9 Å². The average molecular weight is 371 g/mol. The molecular formula is C17H21ClF2N4O. The molecule has 0 aliphatic carbocycles. The molecule has 1 fully saturated rings. The van der Waals surface area contributed by atoms with Crippen LogP contribution >= 0.6 is 12.4 Å². The van der Waals surface area contributed by atoms with Gasteiger partial charge in [0.25, 0.3) is 0 Å². The number of nitrogens with one attached hydrogen (secondary N) is 2. The highest BCUT2D eigenvalue weighted by atomic mass is 35.5. The number of carbonyl (C=O) groups is 1. The first-order valence-corrected chi connectivity index (χ1v) is 8.00. The number of hydrogen-bond acceptors (Lipinski definition) is 3. The summed E-state index contributed by atoms with van der Waals surface area (Å²) in [7, 11) is 0. The minimum absolute atomic E-state index is 0. The molecule has 0 radical (unpaired) electrons. The lowest BCUT2D eigenvalue weighted by Gasteiger charge is -2.37. The van der Waals surface area contributed by atoms with Gasteiger partial charge in [-0.2, -0.15) is 5.10 Å². The first-order valence-electron chi connectivity index (χ1n) is 8.00. The Hall–Kier alpha value is -1.99. The molecule has 8 heteroatoms. The van der Waals surface area contributed by atoms with Crippen LogP contribution in [0.3, 0.4) is 0 Å². The smallest absolute Gasteiger partial charge is 0.248 e. The van der Waals surface area contributed by atoms with Gasteiger partial charge in [-0.15, -0.1) is 12.4 Å². The van der Waals surface area contributed by atoms with Crippen molar-refractivity contribution in [1.29, 1.82) is 0 Å². The first-order chi connectivity index (χ1) is 11.5. The molecule has 136 valence electrons. The quantitative estimate of drug-likeness (QED) is 0.869. The lowest BCUT2D eigenvalue weighted by Crippen LogP contribution is -2.55. The van der Waals surface area contributed by atoms with Crippen LogP contribution < -0.4 is 10.6 Å². The number of piperidine rings is 1. The normalized spacial score (nSPS) is 17.4. The Balaban J connectivity index is 0.00000225. The van der Waals surface area contributed by atoms with Gasteiger partial charge in [-0.3, -0.25) is 9.48 Å². The van der Waals surface area contributed by atoms with Gasteiger partial charge >= 0.3 is 0 Å². The largest absolute Gasteiger partial charge is 0.347 e. The van der Waals surface area contributed by atoms with E-state index in [1.807, 2.05) is 0 Å². The van der Waals surface area contributed by atoms with Crippen molar-refractivity contribution in [3.8, 4) is 0 Å². The van der Waals surface area contributed by atoms with Crippen molar-refractivity contribution in [3.63, 3.8) is 0 Å². The van der Waals surface area contributed by atoms with Gasteiger partial charge in [0.2, 0.25) is 5.91 Å². The highest BCUT2D eigenvalue weighted by molar-refractivity contribution is 5.85. The summed E-state index contributed by atoms with van der Waals surface area (Å²) in [5, 5.41) is 10.3. The van der Waals surface area contributed by atoms with E-state index in [-0.39, 0.29) is 23.9 Å². The molecule has 0 saturated carbocycles. The van der Waals surface area contributed by atoms with Crippen LogP contribution in [0.4, 0.5) is 8.78 Å². The number of nitrogens with zero attached hydrogens (tertiary/aromatic N) is 2. The number of benzene rings is 1. The summed E-state index contributed by atoms with van der Waals surface area (Å²) in [4.78, 5) is 13.0. The van der Waals surface area contributed by atoms with Crippen LogP contribution in [-0.2, 0) is 10.3 Å². The lowest BCUT2D eigenvalue weighted by molar-refractivity contribution is -0.132. The fourth-order valence-corrected chi connectivity index (χ4v) is 3.18. The van der Waals surface area contributed by atoms with Gasteiger partial charge in [-0.1, -0.05) is 6.07 Å². The van der Waals surface area contributed by atoms with E-state index in [2.05, 4.69) is 15.7 Å². The summed E-state index contributed by atoms with van der Waals surface area (Å²) in [5.74, 6) is -1.51. The molecule has 1 aliphatic rings. The van der Waals surface area contributed by atoms with E-state index in [0.717, 1.165) is 6.07 Å². The summed E-state index contributed by atoms with van der Waals surface area (Å²) in [6.07, 6.45) is 4.60. The van der Waals surface area contributed by atoms with Gasteiger partial charge in [0.1, 0.15) is 17.2 Å². The van der Waals surface area contributed by atoms with Gasteiger partial charge in [-0.05, 0) is 45.0 Å². The maximum absolute atomic E-state index is 13.9. The minimum atomic E-state index is -0.792. The van der Waals surface area contributed by atoms with Crippen LogP contribution in [0.2, 0.25) is 0 Å². The number of hydrogen-bond donors (Lipinski definition) is 2. The SMILES string of the molecule is C[C@@H](NC(=O)C1(n2cccn2)CCNCC1)c1ccc(F)cc1F.Cl. The summed E-state index contributed by atoms with van der Waals surface area (Å²) in [5.41, 5.74) is -0.534. The number of rotatable bonds is 4. The van der Waals surface area contributed by atoms with E-state index < -0.39 is 23.2 Å². The van der Waals surface area contributed by atoms with Crippen LogP contribution in [0.25, 0.3) is 0 Å². The number of aromatic nitrogens is 2. The van der Waals surface area contributed by atoms with Crippen LogP contribution in [0.5, 0.6) is 0 Å². The van der Waals surface area contributed by atoms with E-state index in [1.165, 1.54) is 12.1 Å². The third kappa shape index (κ3) is 3.82. The predicted octanol–water partition coefficient (Wildman–Crippen LogP) is 2.54. The topological polar surface area (TPSA) is 59.0 Å². The molecule has 2 N–H and O–H groups in total. The molecule has 3 rings (SSSR count). The summed E-state index contributed by atoms with van der Waals surface area (Å²) < 4.78 is 28.7. The summed E-state index contributed by atoms with van der Waals surface area (Å²) >= 11 is 0. The van der Waals surface area contributed by atoms with Gasteiger partial charge in [0.05, 0.1) is 6.04 Å². The molecule has 0 spiro atoms. The van der Waals surface area contributed by atoms with Crippen LogP contribution in [0.15, 0.2) is 36.7 Å². The molecule has 1 amide bonds. The second kappa shape index (κ2) is 7.93. The first kappa shape index (κ1) is 19.3. The molecular weight excluding hydrogens is 350 g/mol. The van der Waals surface area contributed by atoms with Crippen molar-refractivity contribution in [1.82, 2.24) is 20.4 Å². The highest BCUT2D eigenvalue weighted by Gasteiger charge is 2.42. The van der Waals surface area contributed by atoms with E-state index >= 15 is 0 Å². The zero-order valence-corrected chi connectivity index (χ0v) is 14.7. The molecule has 2 heterocycles. The summed E-state index contributed by atoms with van der Waals surface area (Å²) in [6.45, 7) is 3.09. The third-order valence-electron chi connectivity index (χ3n) is 4.57. The van der Waals surface area contributed by atoms with Crippen molar-refractivity contribution >= 4 is 18.3 Å². The molecule has 1 aromatic carbocycles. The Morgan fingerprint density at radius 3 is 2.68 bits per heavy atom. The molecule has 25 heavy (non-hydrogen) atoms. The third-order valence-corrected chi connectivity index (χ3v) is 4.57. The lowest BCUT2D eigenvalue weighted by atomic mass is 9.87. The maximum atomic E-state index is 13.9. The van der Waals surface area contributed by atoms with Crippen LogP contribution in [0, 0.1) is 11.6 Å². The molecule has 2 aromatic rings. The molecule has 0 bridgehead atoms. The maximum Gasteiger partial charge on any atom is 0.248 e. The van der Waals surface area contributed by atoms with Gasteiger partial charge in [0, 0.05) is 24.0 Å². The highest BCUT2D eigenvalue weighted by Crippen LogP contribution is 2.28. The predicted molar refractivity (Wildman–Crippen MR) is 92.5 cm³/mol. The fraction of sp³-hybridized carbons (Fsp3) is 0.412. The molecule has 1 saturated heterocycles. The van der Waals surface area contributed by atoms with Crippen molar-refractivity contribution in [2.45, 2.75) is 31.3 Å². The van der Waals surface area contributed by atoms with E-state index in [1.54, 1.807) is 30.1 Å². The van der Waals surface area contributed by atoms with Crippen molar-refractivity contribution < 1.29 is 13.6 Å². The Labute approximate surface area is 151 Å². The Kier molecular flexibility index (Phi) is 6.13. The van der Waals surface area contributed by atoms with Crippen molar-refractivity contribution in [2.75, 3.05) is 13.1 Å². The second-order valence-corrected chi connectivity index (χ2v) is 6.09. The van der Waals surface area contributed by atoms with Crippen molar-refractivity contribution in [2.24, 2.45) is 0 Å². The number of amides is 1. The zero-order valence-electron chi connectivity index (χ0n) is 13.8. The molecule has 5 nitrogen and oxygen atoms in total. The van der Waals surface area contributed by atoms with Gasteiger partial charge in [-0.25, -0.2) is 8.78 Å². The number of halogens is 3. The zero-order chi connectivity index (χ0) is 17.2.